The number of nitrogens with one attached hydrogen (secondary N) is 1. The third-order valence-corrected chi connectivity index (χ3v) is 2.90. The molecule has 0 unspecified atom stereocenters. The van der Waals surface area contributed by atoms with Crippen molar-refractivity contribution in [2.24, 2.45) is 5.84 Å². The normalized spacial score (nSPS) is 10.4. The smallest absolute Gasteiger partial charge is 0.159 e. The van der Waals surface area contributed by atoms with Crippen molar-refractivity contribution in [2.75, 3.05) is 5.43 Å². The van der Waals surface area contributed by atoms with Gasteiger partial charge in [-0.2, -0.15) is 0 Å². The van der Waals surface area contributed by atoms with Gasteiger partial charge in [-0.15, -0.1) is 0 Å². The molecule has 0 saturated heterocycles. The van der Waals surface area contributed by atoms with Crippen LogP contribution in [0.2, 0.25) is 0 Å². The number of aromatic nitrogens is 4. The monoisotopic (exact) mass is 282 g/mol. The number of nitrogen functional groups attached to an aromatic ring is 1. The van der Waals surface area contributed by atoms with Gasteiger partial charge in [0.1, 0.15) is 16.6 Å². The second-order valence-electron chi connectivity index (χ2n) is 3.07. The molecule has 0 aliphatic carbocycles. The van der Waals surface area contributed by atoms with E-state index < -0.39 is 0 Å². The molecule has 3 N–H and O–H groups in total. The van der Waals surface area contributed by atoms with Crippen molar-refractivity contribution in [2.45, 2.75) is 13.3 Å². The molecule has 0 aliphatic rings. The van der Waals surface area contributed by atoms with Crippen LogP contribution in [-0.4, -0.2) is 19.5 Å². The van der Waals surface area contributed by atoms with Crippen LogP contribution in [0.1, 0.15) is 12.7 Å². The molecule has 0 spiro atoms. The van der Waals surface area contributed by atoms with E-state index in [1.54, 1.807) is 6.20 Å². The molecule has 2 heterocycles. The predicted octanol–water partition coefficient (Wildman–Crippen LogP) is 1.27. The molecule has 7 heteroatoms. The number of halogens is 1. The molecule has 0 radical (unpaired) electrons. The maximum atomic E-state index is 5.35. The number of hydrazine groups is 1. The molecule has 84 valence electrons. The summed E-state index contributed by atoms with van der Waals surface area (Å²) in [5.74, 6) is 7.54. The van der Waals surface area contributed by atoms with E-state index >= 15 is 0 Å². The van der Waals surface area contributed by atoms with Crippen molar-refractivity contribution < 1.29 is 0 Å². The standard InChI is InChI=1S/C9H11BrN6/c1-2-6-12-3-4-16(6)9-7(10)8(15-11)13-5-14-9/h3-5H,2,11H2,1H3,(H,13,14,15). The van der Waals surface area contributed by atoms with Gasteiger partial charge in [0.15, 0.2) is 11.6 Å². The van der Waals surface area contributed by atoms with Gasteiger partial charge < -0.3 is 5.43 Å². The van der Waals surface area contributed by atoms with Crippen molar-refractivity contribution in [3.8, 4) is 5.82 Å². The number of hydrogen-bond donors (Lipinski definition) is 2. The maximum absolute atomic E-state index is 5.35. The second-order valence-corrected chi connectivity index (χ2v) is 3.86. The average Bonchev–Trinajstić information content (AvgIpc) is 2.77. The van der Waals surface area contributed by atoms with Gasteiger partial charge in [0, 0.05) is 18.8 Å². The lowest BCUT2D eigenvalue weighted by atomic mass is 10.4. The first kappa shape index (κ1) is 11.0. The van der Waals surface area contributed by atoms with Gasteiger partial charge in [0.05, 0.1) is 0 Å². The fourth-order valence-electron chi connectivity index (χ4n) is 1.42. The summed E-state index contributed by atoms with van der Waals surface area (Å²) in [7, 11) is 0. The van der Waals surface area contributed by atoms with Crippen LogP contribution in [0, 0.1) is 0 Å². The Morgan fingerprint density at radius 2 is 2.25 bits per heavy atom. The second kappa shape index (κ2) is 4.58. The van der Waals surface area contributed by atoms with Crippen molar-refractivity contribution in [3.63, 3.8) is 0 Å². The molecule has 0 aromatic carbocycles. The highest BCUT2D eigenvalue weighted by Gasteiger charge is 2.11. The number of nitrogens with two attached hydrogens (primary N) is 1. The molecular weight excluding hydrogens is 272 g/mol. The van der Waals surface area contributed by atoms with E-state index in [1.807, 2.05) is 17.7 Å². The third-order valence-electron chi connectivity index (χ3n) is 2.17. The Kier molecular flexibility index (Phi) is 3.16. The lowest BCUT2D eigenvalue weighted by Gasteiger charge is -2.09. The van der Waals surface area contributed by atoms with E-state index in [1.165, 1.54) is 6.33 Å². The molecule has 0 fully saturated rings. The SMILES string of the molecule is CCc1nccn1-c1ncnc(NN)c1Br. The zero-order valence-corrected chi connectivity index (χ0v) is 10.3. The molecule has 0 amide bonds. The number of nitrogens with zero attached hydrogens (tertiary/aromatic N) is 4. The van der Waals surface area contributed by atoms with Crippen molar-refractivity contribution >= 4 is 21.7 Å². The number of hydrogen-bond acceptors (Lipinski definition) is 5. The highest BCUT2D eigenvalue weighted by atomic mass is 79.9. The van der Waals surface area contributed by atoms with Gasteiger partial charge in [-0.25, -0.2) is 20.8 Å². The Morgan fingerprint density at radius 1 is 1.44 bits per heavy atom. The van der Waals surface area contributed by atoms with Crippen LogP contribution >= 0.6 is 15.9 Å². The van der Waals surface area contributed by atoms with Crippen LogP contribution in [-0.2, 0) is 6.42 Å². The summed E-state index contributed by atoms with van der Waals surface area (Å²) in [5, 5.41) is 0. The number of anilines is 1. The third kappa shape index (κ3) is 1.79. The first-order valence-electron chi connectivity index (χ1n) is 4.77. The van der Waals surface area contributed by atoms with Crippen LogP contribution in [0.25, 0.3) is 5.82 Å². The first-order valence-corrected chi connectivity index (χ1v) is 5.57. The molecule has 2 aromatic rings. The minimum atomic E-state index is 0.542. The van der Waals surface area contributed by atoms with Gasteiger partial charge in [-0.05, 0) is 15.9 Å². The maximum Gasteiger partial charge on any atom is 0.159 e. The Balaban J connectivity index is 2.56. The van der Waals surface area contributed by atoms with Crippen LogP contribution in [0.4, 0.5) is 5.82 Å². The van der Waals surface area contributed by atoms with Crippen LogP contribution in [0.5, 0.6) is 0 Å². The molecule has 2 rings (SSSR count). The average molecular weight is 283 g/mol. The molecule has 6 nitrogen and oxygen atoms in total. The summed E-state index contributed by atoms with van der Waals surface area (Å²) in [6.45, 7) is 2.04. The highest BCUT2D eigenvalue weighted by molar-refractivity contribution is 9.10. The van der Waals surface area contributed by atoms with Crippen molar-refractivity contribution in [1.29, 1.82) is 0 Å². The van der Waals surface area contributed by atoms with Crippen LogP contribution in [0.15, 0.2) is 23.2 Å². The van der Waals surface area contributed by atoms with E-state index in [9.17, 15) is 0 Å². The minimum Gasteiger partial charge on any atom is -0.307 e. The molecule has 0 atom stereocenters. The van der Waals surface area contributed by atoms with Crippen LogP contribution < -0.4 is 11.3 Å². The Morgan fingerprint density at radius 3 is 2.94 bits per heavy atom. The largest absolute Gasteiger partial charge is 0.307 e. The summed E-state index contributed by atoms with van der Waals surface area (Å²) in [6.07, 6.45) is 5.87. The van der Waals surface area contributed by atoms with Crippen molar-refractivity contribution in [3.05, 3.63) is 29.0 Å². The number of imidazole rings is 1. The van der Waals surface area contributed by atoms with Gasteiger partial charge in [-0.3, -0.25) is 4.57 Å². The molecule has 0 aliphatic heterocycles. The lowest BCUT2D eigenvalue weighted by molar-refractivity contribution is 0.856. The molecule has 0 saturated carbocycles. The van der Waals surface area contributed by atoms with Gasteiger partial charge in [0.2, 0.25) is 0 Å². The number of aryl methyl sites for hydroxylation is 1. The lowest BCUT2D eigenvalue weighted by Crippen LogP contribution is -2.12. The van der Waals surface area contributed by atoms with Gasteiger partial charge in [-0.1, -0.05) is 6.92 Å². The molecule has 2 aromatic heterocycles. The Labute approximate surface area is 101 Å². The van der Waals surface area contributed by atoms with Gasteiger partial charge in [0.25, 0.3) is 0 Å². The molecule has 16 heavy (non-hydrogen) atoms. The highest BCUT2D eigenvalue weighted by Crippen LogP contribution is 2.25. The fraction of sp³-hybridized carbons (Fsp3) is 0.222. The minimum absolute atomic E-state index is 0.542. The zero-order valence-electron chi connectivity index (χ0n) is 8.68. The van der Waals surface area contributed by atoms with E-state index in [2.05, 4.69) is 36.3 Å². The summed E-state index contributed by atoms with van der Waals surface area (Å²) >= 11 is 3.41. The van der Waals surface area contributed by atoms with Crippen molar-refractivity contribution in [1.82, 2.24) is 19.5 Å². The zero-order chi connectivity index (χ0) is 11.5. The summed E-state index contributed by atoms with van der Waals surface area (Å²) < 4.78 is 2.61. The predicted molar refractivity (Wildman–Crippen MR) is 64.0 cm³/mol. The Hall–Kier alpha value is -1.47. The van der Waals surface area contributed by atoms with Gasteiger partial charge >= 0.3 is 0 Å². The van der Waals surface area contributed by atoms with E-state index in [4.69, 9.17) is 5.84 Å². The quantitative estimate of drug-likeness (QED) is 0.655. The number of rotatable bonds is 3. The molecule has 0 bridgehead atoms. The topological polar surface area (TPSA) is 81.7 Å². The van der Waals surface area contributed by atoms with E-state index in [0.29, 0.717) is 10.3 Å². The van der Waals surface area contributed by atoms with E-state index in [-0.39, 0.29) is 0 Å². The van der Waals surface area contributed by atoms with Crippen LogP contribution in [0.3, 0.4) is 0 Å². The molecular formula is C9H11BrN6. The Bertz CT molecular complexity index is 494. The fourth-order valence-corrected chi connectivity index (χ4v) is 1.93. The summed E-state index contributed by atoms with van der Waals surface area (Å²) in [4.78, 5) is 12.4. The van der Waals surface area contributed by atoms with E-state index in [0.717, 1.165) is 18.1 Å². The first-order chi connectivity index (χ1) is 7.77. The summed E-state index contributed by atoms with van der Waals surface area (Å²) in [6, 6.07) is 0. The summed E-state index contributed by atoms with van der Waals surface area (Å²) in [5.41, 5.74) is 2.50.